The molecular formula is C19H30O3. The maximum absolute atomic E-state index is 5.98. The van der Waals surface area contributed by atoms with E-state index in [4.69, 9.17) is 14.2 Å². The van der Waals surface area contributed by atoms with Crippen molar-refractivity contribution in [2.75, 3.05) is 19.8 Å². The quantitative estimate of drug-likeness (QED) is 0.720. The average Bonchev–Trinajstić information content (AvgIpc) is 2.42. The van der Waals surface area contributed by atoms with Crippen molar-refractivity contribution < 1.29 is 14.2 Å². The number of ether oxygens (including phenoxy) is 3. The zero-order valence-electron chi connectivity index (χ0n) is 14.8. The number of hydrogen-bond acceptors (Lipinski definition) is 3. The summed E-state index contributed by atoms with van der Waals surface area (Å²) in [6.07, 6.45) is 0.146. The fourth-order valence-corrected chi connectivity index (χ4v) is 2.48. The molecule has 0 aliphatic carbocycles. The predicted octanol–water partition coefficient (Wildman–Crippen LogP) is 4.85. The highest BCUT2D eigenvalue weighted by Gasteiger charge is 2.41. The molecule has 1 aromatic carbocycles. The van der Waals surface area contributed by atoms with Gasteiger partial charge in [0.2, 0.25) is 0 Å². The Hall–Kier alpha value is -1.22. The summed E-state index contributed by atoms with van der Waals surface area (Å²) >= 11 is 0. The number of rotatable bonds is 7. The molecule has 124 valence electrons. The van der Waals surface area contributed by atoms with E-state index in [9.17, 15) is 0 Å². The standard InChI is InChI=1S/C19H30O3/c1-13(2)10-20-16-8-7-15(18-19(5,6)12-22-18)9-17(16)21-11-14(3)4/h7-9,13-14,18H,10-12H2,1-6H3. The Kier molecular flexibility index (Phi) is 5.38. The highest BCUT2D eigenvalue weighted by Crippen LogP contribution is 2.47. The Morgan fingerprint density at radius 1 is 1.05 bits per heavy atom. The minimum Gasteiger partial charge on any atom is -0.489 e. The third-order valence-electron chi connectivity index (χ3n) is 3.75. The van der Waals surface area contributed by atoms with Crippen molar-refractivity contribution in [3.63, 3.8) is 0 Å². The van der Waals surface area contributed by atoms with Gasteiger partial charge in [-0.05, 0) is 29.5 Å². The van der Waals surface area contributed by atoms with Gasteiger partial charge in [0.1, 0.15) is 0 Å². The first kappa shape index (κ1) is 17.1. The van der Waals surface area contributed by atoms with Crippen LogP contribution in [0.5, 0.6) is 11.5 Å². The van der Waals surface area contributed by atoms with Crippen LogP contribution >= 0.6 is 0 Å². The zero-order valence-corrected chi connectivity index (χ0v) is 14.8. The highest BCUT2D eigenvalue weighted by atomic mass is 16.5. The molecule has 2 rings (SSSR count). The molecule has 0 amide bonds. The predicted molar refractivity (Wildman–Crippen MR) is 89.6 cm³/mol. The SMILES string of the molecule is CC(C)COc1ccc(C2OCC2(C)C)cc1OCC(C)C. The lowest BCUT2D eigenvalue weighted by atomic mass is 9.79. The zero-order chi connectivity index (χ0) is 16.3. The maximum atomic E-state index is 5.98. The Labute approximate surface area is 135 Å². The molecule has 1 aliphatic rings. The van der Waals surface area contributed by atoms with Gasteiger partial charge < -0.3 is 14.2 Å². The van der Waals surface area contributed by atoms with Crippen molar-refractivity contribution >= 4 is 0 Å². The van der Waals surface area contributed by atoms with Crippen LogP contribution in [0.1, 0.15) is 53.2 Å². The van der Waals surface area contributed by atoms with Gasteiger partial charge in [-0.15, -0.1) is 0 Å². The average molecular weight is 306 g/mol. The van der Waals surface area contributed by atoms with Crippen LogP contribution in [-0.4, -0.2) is 19.8 Å². The molecule has 0 bridgehead atoms. The van der Waals surface area contributed by atoms with Gasteiger partial charge in [-0.2, -0.15) is 0 Å². The summed E-state index contributed by atoms with van der Waals surface area (Å²) in [5.74, 6) is 2.64. The van der Waals surface area contributed by atoms with Crippen LogP contribution in [0.25, 0.3) is 0 Å². The second kappa shape index (κ2) is 6.91. The lowest BCUT2D eigenvalue weighted by Crippen LogP contribution is -2.40. The third kappa shape index (κ3) is 4.16. The van der Waals surface area contributed by atoms with Crippen molar-refractivity contribution in [1.82, 2.24) is 0 Å². The largest absolute Gasteiger partial charge is 0.489 e. The molecule has 1 heterocycles. The van der Waals surface area contributed by atoms with Gasteiger partial charge in [-0.25, -0.2) is 0 Å². The minimum absolute atomic E-state index is 0.146. The lowest BCUT2D eigenvalue weighted by Gasteiger charge is -2.44. The normalized spacial score (nSPS) is 20.1. The van der Waals surface area contributed by atoms with Gasteiger partial charge in [0.25, 0.3) is 0 Å². The summed E-state index contributed by atoms with van der Waals surface area (Å²) in [6, 6.07) is 6.21. The Bertz CT molecular complexity index is 491. The Morgan fingerprint density at radius 2 is 1.64 bits per heavy atom. The first-order valence-corrected chi connectivity index (χ1v) is 8.30. The van der Waals surface area contributed by atoms with E-state index < -0.39 is 0 Å². The molecule has 1 fully saturated rings. The summed E-state index contributed by atoms with van der Waals surface area (Å²) in [5.41, 5.74) is 1.36. The van der Waals surface area contributed by atoms with E-state index in [1.165, 1.54) is 5.56 Å². The first-order valence-electron chi connectivity index (χ1n) is 8.30. The molecule has 0 spiro atoms. The second-order valence-corrected chi connectivity index (χ2v) is 7.80. The minimum atomic E-state index is 0.146. The van der Waals surface area contributed by atoms with Gasteiger partial charge in [0.05, 0.1) is 25.9 Å². The summed E-state index contributed by atoms with van der Waals surface area (Å²) < 4.78 is 17.6. The molecule has 3 heteroatoms. The molecule has 3 nitrogen and oxygen atoms in total. The van der Waals surface area contributed by atoms with Gasteiger partial charge in [-0.3, -0.25) is 0 Å². The molecule has 1 atom stereocenters. The summed E-state index contributed by atoms with van der Waals surface area (Å²) in [7, 11) is 0. The molecule has 0 N–H and O–H groups in total. The monoisotopic (exact) mass is 306 g/mol. The van der Waals surface area contributed by atoms with Crippen LogP contribution in [0.4, 0.5) is 0 Å². The molecule has 1 unspecified atom stereocenters. The van der Waals surface area contributed by atoms with Crippen LogP contribution in [0, 0.1) is 17.3 Å². The fraction of sp³-hybridized carbons (Fsp3) is 0.684. The Morgan fingerprint density at radius 3 is 2.09 bits per heavy atom. The van der Waals surface area contributed by atoms with Crippen molar-refractivity contribution in [3.05, 3.63) is 23.8 Å². The Balaban J connectivity index is 2.18. The van der Waals surface area contributed by atoms with E-state index in [0.717, 1.165) is 18.1 Å². The van der Waals surface area contributed by atoms with Gasteiger partial charge in [-0.1, -0.05) is 47.6 Å². The van der Waals surface area contributed by atoms with Crippen LogP contribution in [0.3, 0.4) is 0 Å². The van der Waals surface area contributed by atoms with E-state index in [1.807, 2.05) is 6.07 Å². The molecule has 0 saturated carbocycles. The van der Waals surface area contributed by atoms with Crippen LogP contribution in [-0.2, 0) is 4.74 Å². The van der Waals surface area contributed by atoms with E-state index in [0.29, 0.717) is 25.0 Å². The summed E-state index contributed by atoms with van der Waals surface area (Å²) in [6.45, 7) is 15.3. The third-order valence-corrected chi connectivity index (χ3v) is 3.75. The van der Waals surface area contributed by atoms with Crippen molar-refractivity contribution in [2.45, 2.75) is 47.6 Å². The van der Waals surface area contributed by atoms with Crippen molar-refractivity contribution in [2.24, 2.45) is 17.3 Å². The van der Waals surface area contributed by atoms with E-state index in [2.05, 4.69) is 53.7 Å². The van der Waals surface area contributed by atoms with Crippen molar-refractivity contribution in [1.29, 1.82) is 0 Å². The lowest BCUT2D eigenvalue weighted by molar-refractivity contribution is -0.172. The van der Waals surface area contributed by atoms with Gasteiger partial charge in [0, 0.05) is 5.41 Å². The second-order valence-electron chi connectivity index (χ2n) is 7.80. The van der Waals surface area contributed by atoms with Crippen LogP contribution in [0.15, 0.2) is 18.2 Å². The van der Waals surface area contributed by atoms with Crippen LogP contribution < -0.4 is 9.47 Å². The topological polar surface area (TPSA) is 27.7 Å². The van der Waals surface area contributed by atoms with Crippen LogP contribution in [0.2, 0.25) is 0 Å². The molecule has 0 radical (unpaired) electrons. The first-order chi connectivity index (χ1) is 10.3. The summed E-state index contributed by atoms with van der Waals surface area (Å²) in [4.78, 5) is 0. The molecule has 1 saturated heterocycles. The fourth-order valence-electron chi connectivity index (χ4n) is 2.48. The molecule has 1 aromatic rings. The highest BCUT2D eigenvalue weighted by molar-refractivity contribution is 5.44. The number of hydrogen-bond donors (Lipinski definition) is 0. The maximum Gasteiger partial charge on any atom is 0.161 e. The van der Waals surface area contributed by atoms with Crippen molar-refractivity contribution in [3.8, 4) is 11.5 Å². The number of benzene rings is 1. The van der Waals surface area contributed by atoms with E-state index in [-0.39, 0.29) is 11.5 Å². The molecular weight excluding hydrogens is 276 g/mol. The summed E-state index contributed by atoms with van der Waals surface area (Å²) in [5, 5.41) is 0. The molecule has 0 aromatic heterocycles. The van der Waals surface area contributed by atoms with Gasteiger partial charge >= 0.3 is 0 Å². The molecule has 22 heavy (non-hydrogen) atoms. The van der Waals surface area contributed by atoms with Gasteiger partial charge in [0.15, 0.2) is 11.5 Å². The molecule has 1 aliphatic heterocycles. The van der Waals surface area contributed by atoms with E-state index >= 15 is 0 Å². The smallest absolute Gasteiger partial charge is 0.161 e. The van der Waals surface area contributed by atoms with E-state index in [1.54, 1.807) is 0 Å².